The summed E-state index contributed by atoms with van der Waals surface area (Å²) in [6, 6.07) is 8.40. The highest BCUT2D eigenvalue weighted by atomic mass is 16.5. The Hall–Kier alpha value is -1.10. The minimum Gasteiger partial charge on any atom is -0.497 e. The predicted octanol–water partition coefficient (Wildman–Crippen LogP) is 1.32. The van der Waals surface area contributed by atoms with Gasteiger partial charge in [-0.3, -0.25) is 4.90 Å². The molecular formula is C15H23NO3. The van der Waals surface area contributed by atoms with Crippen molar-refractivity contribution in [3.63, 3.8) is 0 Å². The first-order valence-electron chi connectivity index (χ1n) is 6.77. The van der Waals surface area contributed by atoms with Gasteiger partial charge in [0.25, 0.3) is 0 Å². The number of hydrogen-bond donors (Lipinski definition) is 1. The average molecular weight is 265 g/mol. The van der Waals surface area contributed by atoms with Crippen molar-refractivity contribution in [1.82, 2.24) is 4.90 Å². The fourth-order valence-corrected chi connectivity index (χ4v) is 2.64. The highest BCUT2D eigenvalue weighted by molar-refractivity contribution is 5.27. The van der Waals surface area contributed by atoms with Crippen LogP contribution in [0, 0.1) is 0 Å². The second-order valence-electron chi connectivity index (χ2n) is 5.02. The molecule has 0 amide bonds. The summed E-state index contributed by atoms with van der Waals surface area (Å²) >= 11 is 0. The van der Waals surface area contributed by atoms with E-state index < -0.39 is 0 Å². The van der Waals surface area contributed by atoms with Crippen molar-refractivity contribution in [2.75, 3.05) is 33.9 Å². The van der Waals surface area contributed by atoms with Crippen molar-refractivity contribution in [2.45, 2.75) is 25.0 Å². The van der Waals surface area contributed by atoms with E-state index in [4.69, 9.17) is 9.47 Å². The van der Waals surface area contributed by atoms with Gasteiger partial charge in [-0.2, -0.15) is 0 Å². The van der Waals surface area contributed by atoms with E-state index in [-0.39, 0.29) is 18.8 Å². The van der Waals surface area contributed by atoms with E-state index in [1.165, 1.54) is 5.56 Å². The van der Waals surface area contributed by atoms with Gasteiger partial charge in [-0.15, -0.1) is 0 Å². The maximum Gasteiger partial charge on any atom is 0.118 e. The van der Waals surface area contributed by atoms with Crippen LogP contribution in [0.4, 0.5) is 0 Å². The number of likely N-dealkylation sites (tertiary alicyclic amines) is 1. The fourth-order valence-electron chi connectivity index (χ4n) is 2.64. The van der Waals surface area contributed by atoms with Crippen molar-refractivity contribution in [3.05, 3.63) is 29.8 Å². The van der Waals surface area contributed by atoms with Crippen molar-refractivity contribution >= 4 is 0 Å². The molecule has 1 aromatic rings. The molecule has 0 radical (unpaired) electrons. The Labute approximate surface area is 114 Å². The molecule has 0 saturated carbocycles. The Morgan fingerprint density at radius 1 is 1.26 bits per heavy atom. The summed E-state index contributed by atoms with van der Waals surface area (Å²) in [5, 5.41) is 9.40. The van der Waals surface area contributed by atoms with Crippen molar-refractivity contribution in [1.29, 1.82) is 0 Å². The Kier molecular flexibility index (Phi) is 5.19. The lowest BCUT2D eigenvalue weighted by Crippen LogP contribution is -2.34. The van der Waals surface area contributed by atoms with Gasteiger partial charge in [0.05, 0.1) is 19.8 Å². The molecule has 1 aliphatic heterocycles. The number of hydrogen-bond acceptors (Lipinski definition) is 4. The van der Waals surface area contributed by atoms with Crippen LogP contribution >= 0.6 is 0 Å². The molecule has 2 atom stereocenters. The van der Waals surface area contributed by atoms with Crippen LogP contribution in [0.2, 0.25) is 0 Å². The Balaban J connectivity index is 1.86. The number of aliphatic hydroxyl groups excluding tert-OH is 1. The molecule has 0 bridgehead atoms. The van der Waals surface area contributed by atoms with Gasteiger partial charge >= 0.3 is 0 Å². The topological polar surface area (TPSA) is 41.9 Å². The fraction of sp³-hybridized carbons (Fsp3) is 0.600. The normalized spacial score (nSPS) is 23.7. The van der Waals surface area contributed by atoms with E-state index >= 15 is 0 Å². The molecule has 1 fully saturated rings. The highest BCUT2D eigenvalue weighted by Crippen LogP contribution is 2.20. The van der Waals surface area contributed by atoms with Crippen LogP contribution in [-0.4, -0.2) is 56.1 Å². The monoisotopic (exact) mass is 265 g/mol. The molecule has 0 spiro atoms. The van der Waals surface area contributed by atoms with E-state index in [0.29, 0.717) is 0 Å². The lowest BCUT2D eigenvalue weighted by molar-refractivity contribution is 0.108. The van der Waals surface area contributed by atoms with Gasteiger partial charge < -0.3 is 14.6 Å². The van der Waals surface area contributed by atoms with Crippen LogP contribution in [0.15, 0.2) is 24.3 Å². The molecule has 1 heterocycles. The predicted molar refractivity (Wildman–Crippen MR) is 74.6 cm³/mol. The SMILES string of the molecule is COc1ccc(CCN2C[C@@H](OC)C[C@H]2CO)cc1. The molecular weight excluding hydrogens is 242 g/mol. The van der Waals surface area contributed by atoms with Crippen LogP contribution in [0.25, 0.3) is 0 Å². The van der Waals surface area contributed by atoms with E-state index in [0.717, 1.165) is 31.7 Å². The van der Waals surface area contributed by atoms with Gasteiger partial charge in [0.15, 0.2) is 0 Å². The first-order chi connectivity index (χ1) is 9.26. The second-order valence-corrected chi connectivity index (χ2v) is 5.02. The second kappa shape index (κ2) is 6.89. The van der Waals surface area contributed by atoms with Crippen molar-refractivity contribution < 1.29 is 14.6 Å². The maximum atomic E-state index is 9.40. The van der Waals surface area contributed by atoms with Crippen LogP contribution in [0.5, 0.6) is 5.75 Å². The first kappa shape index (κ1) is 14.3. The summed E-state index contributed by atoms with van der Waals surface area (Å²) in [5.74, 6) is 0.887. The van der Waals surface area contributed by atoms with Gasteiger partial charge in [-0.05, 0) is 30.5 Å². The molecule has 19 heavy (non-hydrogen) atoms. The summed E-state index contributed by atoms with van der Waals surface area (Å²) < 4.78 is 10.5. The molecule has 0 aromatic heterocycles. The molecule has 1 aromatic carbocycles. The molecule has 4 nitrogen and oxygen atoms in total. The Morgan fingerprint density at radius 3 is 2.58 bits per heavy atom. The third kappa shape index (κ3) is 3.69. The largest absolute Gasteiger partial charge is 0.497 e. The quantitative estimate of drug-likeness (QED) is 0.842. The summed E-state index contributed by atoms with van der Waals surface area (Å²) in [6.07, 6.45) is 2.17. The van der Waals surface area contributed by atoms with Crippen LogP contribution in [0.3, 0.4) is 0 Å². The number of aliphatic hydroxyl groups is 1. The number of rotatable bonds is 6. The zero-order chi connectivity index (χ0) is 13.7. The molecule has 1 saturated heterocycles. The lowest BCUT2D eigenvalue weighted by atomic mass is 10.1. The van der Waals surface area contributed by atoms with E-state index in [1.54, 1.807) is 14.2 Å². The maximum absolute atomic E-state index is 9.40. The van der Waals surface area contributed by atoms with E-state index in [2.05, 4.69) is 17.0 Å². The zero-order valence-corrected chi connectivity index (χ0v) is 11.7. The Bertz CT molecular complexity index is 379. The summed E-state index contributed by atoms with van der Waals surface area (Å²) in [4.78, 5) is 2.32. The molecule has 106 valence electrons. The van der Waals surface area contributed by atoms with Gasteiger partial charge in [0.1, 0.15) is 5.75 Å². The van der Waals surface area contributed by atoms with E-state index in [9.17, 15) is 5.11 Å². The van der Waals surface area contributed by atoms with Gasteiger partial charge in [-0.1, -0.05) is 12.1 Å². The van der Waals surface area contributed by atoms with Crippen LogP contribution < -0.4 is 4.74 Å². The molecule has 2 rings (SSSR count). The third-order valence-corrected chi connectivity index (χ3v) is 3.88. The number of nitrogens with zero attached hydrogens (tertiary/aromatic N) is 1. The molecule has 0 aliphatic carbocycles. The summed E-state index contributed by atoms with van der Waals surface area (Å²) in [5.41, 5.74) is 1.29. The smallest absolute Gasteiger partial charge is 0.118 e. The highest BCUT2D eigenvalue weighted by Gasteiger charge is 2.30. The van der Waals surface area contributed by atoms with Gasteiger partial charge in [0.2, 0.25) is 0 Å². The van der Waals surface area contributed by atoms with Gasteiger partial charge in [-0.25, -0.2) is 0 Å². The average Bonchev–Trinajstić information content (AvgIpc) is 2.88. The zero-order valence-electron chi connectivity index (χ0n) is 11.7. The minimum absolute atomic E-state index is 0.211. The third-order valence-electron chi connectivity index (χ3n) is 3.88. The first-order valence-corrected chi connectivity index (χ1v) is 6.77. The van der Waals surface area contributed by atoms with E-state index in [1.807, 2.05) is 12.1 Å². The summed E-state index contributed by atoms with van der Waals surface area (Å²) in [7, 11) is 3.42. The lowest BCUT2D eigenvalue weighted by Gasteiger charge is -2.22. The molecule has 1 N–H and O–H groups in total. The number of ether oxygens (including phenoxy) is 2. The van der Waals surface area contributed by atoms with Crippen molar-refractivity contribution in [3.8, 4) is 5.75 Å². The van der Waals surface area contributed by atoms with Gasteiger partial charge in [0, 0.05) is 26.2 Å². The molecule has 1 aliphatic rings. The minimum atomic E-state index is 0.211. The number of methoxy groups -OCH3 is 2. The Morgan fingerprint density at radius 2 is 2.00 bits per heavy atom. The summed E-state index contributed by atoms with van der Waals surface area (Å²) in [6.45, 7) is 2.08. The standard InChI is InChI=1S/C15H23NO3/c1-18-14-5-3-12(4-6-14)7-8-16-10-15(19-2)9-13(16)11-17/h3-6,13,15,17H,7-11H2,1-2H3/t13-,15-/m0/s1. The molecule has 0 unspecified atom stereocenters. The number of benzene rings is 1. The van der Waals surface area contributed by atoms with Crippen LogP contribution in [0.1, 0.15) is 12.0 Å². The molecule has 4 heteroatoms. The van der Waals surface area contributed by atoms with Crippen molar-refractivity contribution in [2.24, 2.45) is 0 Å². The van der Waals surface area contributed by atoms with Crippen LogP contribution in [-0.2, 0) is 11.2 Å².